The van der Waals surface area contributed by atoms with Crippen LogP contribution in [0.2, 0.25) is 5.02 Å². The number of aromatic hydroxyl groups is 1. The number of hydrogen-bond donors (Lipinski definition) is 6. The number of carbonyl (C=O) groups is 6. The molecular formula is C54H55ClF6N5O11PRu+. The average Bonchev–Trinajstić information content (AvgIpc) is 3.97. The van der Waals surface area contributed by atoms with Crippen LogP contribution in [0, 0.1) is 32.1 Å². The second-order valence-electron chi connectivity index (χ2n) is 18.2. The third-order valence-corrected chi connectivity index (χ3v) is 11.1. The van der Waals surface area contributed by atoms with E-state index in [0.29, 0.717) is 27.3 Å². The number of halogens is 7. The van der Waals surface area contributed by atoms with Crippen molar-refractivity contribution in [3.05, 3.63) is 186 Å². The molecule has 0 spiro atoms. The Labute approximate surface area is 470 Å². The molecule has 5 aromatic carbocycles. The van der Waals surface area contributed by atoms with Crippen LogP contribution < -0.4 is 36.1 Å². The maximum atomic E-state index is 14.9. The molecule has 2 heterocycles. The van der Waals surface area contributed by atoms with Crippen molar-refractivity contribution >= 4 is 55.1 Å². The van der Waals surface area contributed by atoms with Crippen LogP contribution in [0.4, 0.5) is 30.0 Å². The van der Waals surface area contributed by atoms with Gasteiger partial charge in [0.2, 0.25) is 29.4 Å². The van der Waals surface area contributed by atoms with E-state index in [1.54, 1.807) is 130 Å². The van der Waals surface area contributed by atoms with Gasteiger partial charge in [0.25, 0.3) is 0 Å². The third kappa shape index (κ3) is 22.4. The topological polar surface area (TPSA) is 220 Å². The summed E-state index contributed by atoms with van der Waals surface area (Å²) in [5.41, 5.74) is 0.943. The van der Waals surface area contributed by atoms with Crippen LogP contribution in [0.5, 0.6) is 23.0 Å². The summed E-state index contributed by atoms with van der Waals surface area (Å²) in [6.45, 7) is 5.01. The van der Waals surface area contributed by atoms with Gasteiger partial charge in [-0.15, -0.1) is 0 Å². The molecule has 5 amide bonds. The minimum atomic E-state index is -10.7. The van der Waals surface area contributed by atoms with Gasteiger partial charge < -0.3 is 50.6 Å². The third-order valence-electron chi connectivity index (χ3n) is 10.8. The van der Waals surface area contributed by atoms with Gasteiger partial charge in [-0.25, -0.2) is 9.59 Å². The number of esters is 1. The van der Waals surface area contributed by atoms with Crippen LogP contribution in [-0.4, -0.2) is 72.7 Å². The molecule has 0 aromatic heterocycles. The Hall–Kier alpha value is -6.96. The number of benzene rings is 5. The molecule has 1 aliphatic carbocycles. The SMILES string of the molecule is COC(=O)[C@@H]1Cc2ccc(cc2)Oc2cc(cc(O)c2OC)[C@@H](NC(=O)[C@@H](NC(=O)[C@@H](Cc2ccc(Cl)cc2)NC(=O)OC(C)(C)C)c2ccccc2)C(=O)N[C@H](c2ccccc2)C(=O)N1.F[P-](F)(F)(F)(F)F.[CH]1[CH][CH][CH][CH]1.[Ru+2]. The van der Waals surface area contributed by atoms with Crippen molar-refractivity contribution < 1.29 is 97.5 Å². The second-order valence-corrected chi connectivity index (χ2v) is 20.6. The fraction of sp³-hybridized carbons (Fsp3) is 0.241. The van der Waals surface area contributed by atoms with Crippen molar-refractivity contribution in [3.8, 4) is 23.0 Å². The van der Waals surface area contributed by atoms with Crippen LogP contribution >= 0.6 is 19.4 Å². The number of phenolic OH excluding ortho intramolecular Hbond substituents is 1. The smallest absolute Gasteiger partial charge is 0.0312 e. The van der Waals surface area contributed by atoms with E-state index in [4.69, 9.17) is 30.5 Å². The van der Waals surface area contributed by atoms with Gasteiger partial charge in [0.1, 0.15) is 41.6 Å². The van der Waals surface area contributed by atoms with Gasteiger partial charge in [0.15, 0.2) is 11.5 Å². The van der Waals surface area contributed by atoms with Gasteiger partial charge in [0, 0.05) is 17.9 Å². The standard InChI is InChI=1S/C49H50ClN5O11.C5H5.F6P.Ru/c1-49(2,3)66-48(62)52-35(24-28-16-20-33(50)21-17-28)43(57)53-40(31-14-10-7-11-15-31)45(59)55-41-32-26-37(56)42(63-4)38(27-32)65-34-22-18-29(19-23-34)25-36(47(61)64-5)51-44(58)39(54-46(41)60)30-12-8-6-9-13-30;1-2-4-5-3-1;1-7(2,3,4,5)6;/h6-23,26-27,35-36,39-41,56H,24-25H2,1-5H3,(H,51,58)(H,52,62)(H,53,57)(H,54,60)(H,55,59);1-5H;;/q;;-1;+2/t35-,36+,39-,40+,41-;;;/m1.../s1. The summed E-state index contributed by atoms with van der Waals surface area (Å²) in [4.78, 5) is 84.5. The Morgan fingerprint density at radius 2 is 1.30 bits per heavy atom. The molecule has 423 valence electrons. The minimum absolute atomic E-state index is 0. The Morgan fingerprint density at radius 1 is 0.747 bits per heavy atom. The molecule has 0 saturated heterocycles. The van der Waals surface area contributed by atoms with Gasteiger partial charge in [0.05, 0.1) is 14.2 Å². The monoisotopic (exact) mass is 1230 g/mol. The van der Waals surface area contributed by atoms with Crippen LogP contribution in [0.3, 0.4) is 0 Å². The van der Waals surface area contributed by atoms with Gasteiger partial charge in [-0.1, -0.05) is 96.5 Å². The van der Waals surface area contributed by atoms with Crippen LogP contribution in [0.15, 0.2) is 121 Å². The number of fused-ring (bicyclic) bond motifs is 9. The summed E-state index contributed by atoms with van der Waals surface area (Å²) >= 11 is 6.12. The normalized spacial score (nSPS) is 17.8. The fourth-order valence-corrected chi connectivity index (χ4v) is 7.55. The molecule has 79 heavy (non-hydrogen) atoms. The Bertz CT molecular complexity index is 2870. The first-order chi connectivity index (χ1) is 36.5. The summed E-state index contributed by atoms with van der Waals surface area (Å²) in [6.07, 6.45) is 9.09. The number of alkyl carbamates (subject to hydrolysis) is 1. The van der Waals surface area contributed by atoms with Crippen molar-refractivity contribution in [2.24, 2.45) is 0 Å². The van der Waals surface area contributed by atoms with Crippen LogP contribution in [0.25, 0.3) is 0 Å². The summed E-state index contributed by atoms with van der Waals surface area (Å²) in [7, 11) is -8.16. The molecule has 5 radical (unpaired) electrons. The van der Waals surface area contributed by atoms with E-state index in [-0.39, 0.29) is 55.1 Å². The first kappa shape index (κ1) is 64.6. The first-order valence-corrected chi connectivity index (χ1v) is 25.9. The molecule has 8 rings (SSSR count). The molecule has 5 atom stereocenters. The van der Waals surface area contributed by atoms with Crippen molar-refractivity contribution in [1.82, 2.24) is 26.6 Å². The number of carbonyl (C=O) groups excluding carboxylic acids is 6. The largest absolute Gasteiger partial charge is 2.00 e. The number of ether oxygens (including phenoxy) is 4. The Morgan fingerprint density at radius 3 is 1.84 bits per heavy atom. The molecule has 6 N–H and O–H groups in total. The number of nitrogens with one attached hydrogen (secondary N) is 5. The van der Waals surface area contributed by atoms with E-state index < -0.39 is 85.1 Å². The predicted molar refractivity (Wildman–Crippen MR) is 278 cm³/mol. The molecule has 0 unspecified atom stereocenters. The van der Waals surface area contributed by atoms with Crippen molar-refractivity contribution in [2.45, 2.75) is 69.4 Å². The van der Waals surface area contributed by atoms with E-state index in [2.05, 4.69) is 26.6 Å². The average molecular weight is 1230 g/mol. The second kappa shape index (κ2) is 27.3. The molecule has 5 aromatic rings. The number of phenols is 1. The van der Waals surface area contributed by atoms with E-state index in [0.717, 1.165) is 0 Å². The van der Waals surface area contributed by atoms with Gasteiger partial charge in [-0.2, -0.15) is 0 Å². The molecule has 2 aliphatic heterocycles. The van der Waals surface area contributed by atoms with Crippen LogP contribution in [0.1, 0.15) is 66.7 Å². The summed E-state index contributed by atoms with van der Waals surface area (Å²) in [5, 5.41) is 25.3. The summed E-state index contributed by atoms with van der Waals surface area (Å²) in [6, 6.07) is 25.0. The molecule has 25 heteroatoms. The number of amides is 5. The van der Waals surface area contributed by atoms with Gasteiger partial charge >= 0.3 is 64.5 Å². The molecule has 3 aliphatic rings. The molecule has 1 fully saturated rings. The summed E-state index contributed by atoms with van der Waals surface area (Å²) in [5.74, 6) is -4.49. The zero-order chi connectivity index (χ0) is 57.5. The zero-order valence-electron chi connectivity index (χ0n) is 42.7. The van der Waals surface area contributed by atoms with E-state index >= 15 is 0 Å². The number of rotatable bonds is 11. The van der Waals surface area contributed by atoms with E-state index in [1.165, 1.54) is 26.4 Å². The maximum absolute atomic E-state index is 14.9. The Balaban J connectivity index is 0.000000920. The zero-order valence-corrected chi connectivity index (χ0v) is 46.1. The minimum Gasteiger partial charge on any atom is -0.0312 e. The molecule has 4 bridgehead atoms. The van der Waals surface area contributed by atoms with Crippen LogP contribution in [-0.2, 0) is 65.8 Å². The fourth-order valence-electron chi connectivity index (χ4n) is 7.42. The van der Waals surface area contributed by atoms with Gasteiger partial charge in [-0.05, 0) is 117 Å². The molecular weight excluding hydrogens is 1180 g/mol. The van der Waals surface area contributed by atoms with Gasteiger partial charge in [-0.3, -0.25) is 19.2 Å². The first-order valence-electron chi connectivity index (χ1n) is 23.5. The molecule has 1 saturated carbocycles. The number of methoxy groups -OCH3 is 2. The number of hydrogen-bond acceptors (Lipinski definition) is 11. The molecule has 16 nitrogen and oxygen atoms in total. The summed E-state index contributed by atoms with van der Waals surface area (Å²) < 4.78 is 81.4. The van der Waals surface area contributed by atoms with E-state index in [9.17, 15) is 59.1 Å². The van der Waals surface area contributed by atoms with E-state index in [1.807, 2.05) is 32.1 Å². The van der Waals surface area contributed by atoms with Crippen molar-refractivity contribution in [2.75, 3.05) is 14.2 Å². The predicted octanol–water partition coefficient (Wildman–Crippen LogP) is 10.5. The maximum Gasteiger partial charge on any atom is 2.00 e. The van der Waals surface area contributed by atoms with Crippen molar-refractivity contribution in [3.63, 3.8) is 0 Å². The quantitative estimate of drug-likeness (QED) is 0.0316. The Kier molecular flexibility index (Phi) is 22.3. The van der Waals surface area contributed by atoms with Crippen molar-refractivity contribution in [1.29, 1.82) is 0 Å².